The molecule has 0 aliphatic rings. The first-order valence-electron chi connectivity index (χ1n) is 8.85. The summed E-state index contributed by atoms with van der Waals surface area (Å²) in [7, 11) is -3.40. The first-order valence-corrected chi connectivity index (χ1v) is 10.7. The van der Waals surface area contributed by atoms with Gasteiger partial charge in [0.15, 0.2) is 0 Å². The Balaban J connectivity index is 1.79. The Hall–Kier alpha value is -2.25. The summed E-state index contributed by atoms with van der Waals surface area (Å²) in [5.74, 6) is -0.688. The third kappa shape index (κ3) is 7.48. The van der Waals surface area contributed by atoms with Crippen molar-refractivity contribution in [2.24, 2.45) is 0 Å². The number of hydrogen-bond donors (Lipinski definition) is 1. The molecule has 0 bridgehead atoms. The van der Waals surface area contributed by atoms with Gasteiger partial charge < -0.3 is 5.32 Å². The van der Waals surface area contributed by atoms with Crippen LogP contribution in [0, 0.1) is 5.82 Å². The SMILES string of the molecule is CS(=O)(=O)N(CCCc1ccccc1)CCC(=O)NCc1ccccc1F. The van der Waals surface area contributed by atoms with Crippen LogP contribution in [0.1, 0.15) is 24.0 Å². The van der Waals surface area contributed by atoms with E-state index in [1.54, 1.807) is 18.2 Å². The molecule has 27 heavy (non-hydrogen) atoms. The number of halogens is 1. The number of benzene rings is 2. The van der Waals surface area contributed by atoms with Crippen LogP contribution in [0.25, 0.3) is 0 Å². The monoisotopic (exact) mass is 392 g/mol. The molecule has 2 aromatic carbocycles. The summed E-state index contributed by atoms with van der Waals surface area (Å²) in [5, 5.41) is 2.63. The van der Waals surface area contributed by atoms with Gasteiger partial charge in [0.25, 0.3) is 0 Å². The first-order chi connectivity index (χ1) is 12.9. The maximum atomic E-state index is 13.6. The number of carbonyl (C=O) groups excluding carboxylic acids is 1. The van der Waals surface area contributed by atoms with E-state index in [0.29, 0.717) is 18.5 Å². The lowest BCUT2D eigenvalue weighted by molar-refractivity contribution is -0.121. The van der Waals surface area contributed by atoms with Crippen LogP contribution in [-0.2, 0) is 27.8 Å². The molecule has 0 atom stereocenters. The van der Waals surface area contributed by atoms with Crippen molar-refractivity contribution >= 4 is 15.9 Å². The van der Waals surface area contributed by atoms with Crippen molar-refractivity contribution in [1.82, 2.24) is 9.62 Å². The van der Waals surface area contributed by atoms with Crippen molar-refractivity contribution in [3.63, 3.8) is 0 Å². The molecular formula is C20H25FN2O3S. The molecule has 146 valence electrons. The molecule has 0 fully saturated rings. The molecule has 5 nitrogen and oxygen atoms in total. The average Bonchev–Trinajstić information content (AvgIpc) is 2.63. The van der Waals surface area contributed by atoms with Gasteiger partial charge in [-0.15, -0.1) is 0 Å². The number of aryl methyl sites for hydroxylation is 1. The van der Waals surface area contributed by atoms with E-state index in [1.807, 2.05) is 30.3 Å². The Morgan fingerprint density at radius 2 is 1.70 bits per heavy atom. The Kier molecular flexibility index (Phi) is 7.94. The number of hydrogen-bond acceptors (Lipinski definition) is 3. The molecule has 0 aromatic heterocycles. The van der Waals surface area contributed by atoms with Gasteiger partial charge in [-0.3, -0.25) is 4.79 Å². The van der Waals surface area contributed by atoms with Crippen LogP contribution in [0.15, 0.2) is 54.6 Å². The second kappa shape index (κ2) is 10.2. The van der Waals surface area contributed by atoms with E-state index < -0.39 is 10.0 Å². The Bertz CT molecular complexity index is 841. The minimum Gasteiger partial charge on any atom is -0.352 e. The minimum absolute atomic E-state index is 0.0346. The van der Waals surface area contributed by atoms with Crippen LogP contribution < -0.4 is 5.32 Å². The molecule has 0 aliphatic heterocycles. The van der Waals surface area contributed by atoms with E-state index in [1.165, 1.54) is 10.4 Å². The summed E-state index contributed by atoms with van der Waals surface area (Å²) >= 11 is 0. The van der Waals surface area contributed by atoms with E-state index in [2.05, 4.69) is 5.32 Å². The maximum absolute atomic E-state index is 13.6. The Labute approximate surface area is 160 Å². The van der Waals surface area contributed by atoms with Crippen molar-refractivity contribution in [3.05, 3.63) is 71.5 Å². The van der Waals surface area contributed by atoms with Crippen molar-refractivity contribution in [2.45, 2.75) is 25.8 Å². The fraction of sp³-hybridized carbons (Fsp3) is 0.350. The molecule has 1 amide bonds. The van der Waals surface area contributed by atoms with Gasteiger partial charge >= 0.3 is 0 Å². The van der Waals surface area contributed by atoms with Crippen LogP contribution in [0.4, 0.5) is 4.39 Å². The number of amides is 1. The molecule has 0 aliphatic carbocycles. The van der Waals surface area contributed by atoms with Crippen LogP contribution in [0.3, 0.4) is 0 Å². The Morgan fingerprint density at radius 1 is 1.04 bits per heavy atom. The van der Waals surface area contributed by atoms with Gasteiger partial charge in [0.2, 0.25) is 15.9 Å². The second-order valence-corrected chi connectivity index (χ2v) is 8.35. The third-order valence-electron chi connectivity index (χ3n) is 4.21. The number of sulfonamides is 1. The third-order valence-corrected chi connectivity index (χ3v) is 5.51. The Morgan fingerprint density at radius 3 is 2.37 bits per heavy atom. The molecule has 1 N–H and O–H groups in total. The van der Waals surface area contributed by atoms with Gasteiger partial charge in [0.1, 0.15) is 5.82 Å². The summed E-state index contributed by atoms with van der Waals surface area (Å²) in [5.41, 5.74) is 1.54. The van der Waals surface area contributed by atoms with Crippen LogP contribution in [0.5, 0.6) is 0 Å². The molecule has 7 heteroatoms. The fourth-order valence-corrected chi connectivity index (χ4v) is 3.58. The van der Waals surface area contributed by atoms with Gasteiger partial charge in [0, 0.05) is 31.6 Å². The van der Waals surface area contributed by atoms with Crippen molar-refractivity contribution in [3.8, 4) is 0 Å². The number of rotatable bonds is 10. The molecule has 0 unspecified atom stereocenters. The second-order valence-electron chi connectivity index (χ2n) is 6.37. The van der Waals surface area contributed by atoms with Gasteiger partial charge in [0.05, 0.1) is 6.26 Å². The highest BCUT2D eigenvalue weighted by Gasteiger charge is 2.17. The minimum atomic E-state index is -3.40. The average molecular weight is 392 g/mol. The van der Waals surface area contributed by atoms with E-state index in [9.17, 15) is 17.6 Å². The molecule has 2 aromatic rings. The number of carbonyl (C=O) groups is 1. The van der Waals surface area contributed by atoms with E-state index in [0.717, 1.165) is 18.2 Å². The lowest BCUT2D eigenvalue weighted by Crippen LogP contribution is -2.35. The smallest absolute Gasteiger partial charge is 0.221 e. The lowest BCUT2D eigenvalue weighted by atomic mass is 10.1. The van der Waals surface area contributed by atoms with Gasteiger partial charge in [-0.1, -0.05) is 48.5 Å². The van der Waals surface area contributed by atoms with E-state index in [-0.39, 0.29) is 31.2 Å². The van der Waals surface area contributed by atoms with Gasteiger partial charge in [-0.25, -0.2) is 17.1 Å². The van der Waals surface area contributed by atoms with E-state index in [4.69, 9.17) is 0 Å². The van der Waals surface area contributed by atoms with Crippen molar-refractivity contribution in [1.29, 1.82) is 0 Å². The molecule has 0 saturated carbocycles. The van der Waals surface area contributed by atoms with Crippen LogP contribution in [0.2, 0.25) is 0 Å². The zero-order valence-electron chi connectivity index (χ0n) is 15.4. The van der Waals surface area contributed by atoms with Crippen LogP contribution in [-0.4, -0.2) is 38.0 Å². The molecule has 0 spiro atoms. The molecule has 2 rings (SSSR count). The zero-order chi connectivity index (χ0) is 19.7. The van der Waals surface area contributed by atoms with E-state index >= 15 is 0 Å². The molecule has 0 saturated heterocycles. The zero-order valence-corrected chi connectivity index (χ0v) is 16.2. The van der Waals surface area contributed by atoms with Crippen molar-refractivity contribution < 1.29 is 17.6 Å². The largest absolute Gasteiger partial charge is 0.352 e. The first kappa shape index (κ1) is 21.1. The summed E-state index contributed by atoms with van der Waals surface area (Å²) in [4.78, 5) is 12.0. The summed E-state index contributed by atoms with van der Waals surface area (Å²) in [6.45, 7) is 0.545. The van der Waals surface area contributed by atoms with Gasteiger partial charge in [-0.2, -0.15) is 0 Å². The fourth-order valence-electron chi connectivity index (χ4n) is 2.70. The number of nitrogens with one attached hydrogen (secondary N) is 1. The quantitative estimate of drug-likeness (QED) is 0.676. The highest BCUT2D eigenvalue weighted by atomic mass is 32.2. The van der Waals surface area contributed by atoms with Crippen molar-refractivity contribution in [2.75, 3.05) is 19.3 Å². The highest BCUT2D eigenvalue weighted by Crippen LogP contribution is 2.08. The highest BCUT2D eigenvalue weighted by molar-refractivity contribution is 7.88. The predicted octanol–water partition coefficient (Wildman–Crippen LogP) is 2.73. The number of nitrogens with zero attached hydrogens (tertiary/aromatic N) is 1. The normalized spacial score (nSPS) is 11.5. The van der Waals surface area contributed by atoms with Gasteiger partial charge in [-0.05, 0) is 24.5 Å². The summed E-state index contributed by atoms with van der Waals surface area (Å²) in [6.07, 6.45) is 2.62. The summed E-state index contributed by atoms with van der Waals surface area (Å²) < 4.78 is 38.8. The maximum Gasteiger partial charge on any atom is 0.221 e. The predicted molar refractivity (Wildman–Crippen MR) is 104 cm³/mol. The van der Waals surface area contributed by atoms with Crippen LogP contribution >= 0.6 is 0 Å². The lowest BCUT2D eigenvalue weighted by Gasteiger charge is -2.19. The molecule has 0 radical (unpaired) electrons. The standard InChI is InChI=1S/C20H25FN2O3S/c1-27(25,26)23(14-7-10-17-8-3-2-4-9-17)15-13-20(24)22-16-18-11-5-6-12-19(18)21/h2-6,8-9,11-12H,7,10,13-16H2,1H3,(H,22,24). The topological polar surface area (TPSA) is 66.5 Å². The molecule has 0 heterocycles. The summed E-state index contributed by atoms with van der Waals surface area (Å²) in [6, 6.07) is 16.0. The molecular weight excluding hydrogens is 367 g/mol.